The molecule has 0 saturated carbocycles. The van der Waals surface area contributed by atoms with Crippen LogP contribution in [0.3, 0.4) is 0 Å². The summed E-state index contributed by atoms with van der Waals surface area (Å²) >= 11 is 0. The van der Waals surface area contributed by atoms with Crippen LogP contribution < -0.4 is 4.74 Å². The maximum absolute atomic E-state index is 12.7. The van der Waals surface area contributed by atoms with Gasteiger partial charge in [0.25, 0.3) is 0 Å². The zero-order valence-electron chi connectivity index (χ0n) is 12.3. The second-order valence-corrected chi connectivity index (χ2v) is 6.99. The third-order valence-electron chi connectivity index (χ3n) is 3.77. The standard InChI is InChI=1S/C14H19NO5S/c1-10-8-15(9-11(10)14(16)20-3)21(17,18)13-7-5-4-6-12(13)19-2/h4-7,10-11H,8-9H2,1-3H3. The van der Waals surface area contributed by atoms with E-state index >= 15 is 0 Å². The van der Waals surface area contributed by atoms with Crippen molar-refractivity contribution < 1.29 is 22.7 Å². The highest BCUT2D eigenvalue weighted by Gasteiger charge is 2.41. The normalized spacial score (nSPS) is 23.0. The van der Waals surface area contributed by atoms with Gasteiger partial charge in [-0.3, -0.25) is 4.79 Å². The van der Waals surface area contributed by atoms with Crippen LogP contribution in [0.4, 0.5) is 0 Å². The summed E-state index contributed by atoms with van der Waals surface area (Å²) in [6.45, 7) is 2.27. The quantitative estimate of drug-likeness (QED) is 0.779. The molecule has 0 radical (unpaired) electrons. The second kappa shape index (κ2) is 6.03. The largest absolute Gasteiger partial charge is 0.495 e. The first kappa shape index (κ1) is 15.8. The van der Waals surface area contributed by atoms with E-state index in [2.05, 4.69) is 0 Å². The van der Waals surface area contributed by atoms with E-state index in [4.69, 9.17) is 9.47 Å². The summed E-state index contributed by atoms with van der Waals surface area (Å²) in [5.41, 5.74) is 0. The molecule has 2 unspecified atom stereocenters. The molecule has 0 spiro atoms. The first-order chi connectivity index (χ1) is 9.91. The van der Waals surface area contributed by atoms with Gasteiger partial charge in [-0.2, -0.15) is 4.31 Å². The molecule has 0 bridgehead atoms. The SMILES string of the molecule is COC(=O)C1CN(S(=O)(=O)c2ccccc2OC)CC1C. The van der Waals surface area contributed by atoms with Gasteiger partial charge >= 0.3 is 5.97 Å². The van der Waals surface area contributed by atoms with Gasteiger partial charge in [-0.25, -0.2) is 8.42 Å². The van der Waals surface area contributed by atoms with Crippen molar-refractivity contribution in [3.8, 4) is 5.75 Å². The Morgan fingerprint density at radius 1 is 1.24 bits per heavy atom. The van der Waals surface area contributed by atoms with Crippen molar-refractivity contribution in [1.82, 2.24) is 4.31 Å². The number of benzene rings is 1. The predicted octanol–water partition coefficient (Wildman–Crippen LogP) is 1.12. The molecule has 0 aromatic heterocycles. The molecule has 21 heavy (non-hydrogen) atoms. The Balaban J connectivity index is 2.31. The van der Waals surface area contributed by atoms with Gasteiger partial charge in [0.15, 0.2) is 0 Å². The molecule has 1 aliphatic rings. The zero-order chi connectivity index (χ0) is 15.6. The van der Waals surface area contributed by atoms with Crippen LogP contribution in [0.25, 0.3) is 0 Å². The number of para-hydroxylation sites is 1. The third-order valence-corrected chi connectivity index (χ3v) is 5.64. The van der Waals surface area contributed by atoms with E-state index in [1.807, 2.05) is 6.92 Å². The molecule has 7 heteroatoms. The number of hydrogen-bond donors (Lipinski definition) is 0. The highest BCUT2D eigenvalue weighted by molar-refractivity contribution is 7.89. The summed E-state index contributed by atoms with van der Waals surface area (Å²) in [7, 11) is -0.948. The van der Waals surface area contributed by atoms with E-state index in [1.165, 1.54) is 24.6 Å². The fraction of sp³-hybridized carbons (Fsp3) is 0.500. The van der Waals surface area contributed by atoms with E-state index in [0.29, 0.717) is 12.3 Å². The monoisotopic (exact) mass is 313 g/mol. The lowest BCUT2D eigenvalue weighted by molar-refractivity contribution is -0.145. The Bertz CT molecular complexity index is 628. The summed E-state index contributed by atoms with van der Waals surface area (Å²) in [6, 6.07) is 6.46. The highest BCUT2D eigenvalue weighted by atomic mass is 32.2. The number of hydrogen-bond acceptors (Lipinski definition) is 5. The highest BCUT2D eigenvalue weighted by Crippen LogP contribution is 2.32. The molecule has 0 N–H and O–H groups in total. The summed E-state index contributed by atoms with van der Waals surface area (Å²) in [4.78, 5) is 11.8. The third kappa shape index (κ3) is 2.89. The molecule has 1 fully saturated rings. The first-order valence-electron chi connectivity index (χ1n) is 6.62. The van der Waals surface area contributed by atoms with Crippen LogP contribution in [0.5, 0.6) is 5.75 Å². The van der Waals surface area contributed by atoms with E-state index in [-0.39, 0.29) is 23.3 Å². The predicted molar refractivity (Wildman–Crippen MR) is 76.4 cm³/mol. The molecule has 116 valence electrons. The van der Waals surface area contributed by atoms with Crippen LogP contribution >= 0.6 is 0 Å². The fourth-order valence-corrected chi connectivity index (χ4v) is 4.27. The van der Waals surface area contributed by atoms with Gasteiger partial charge in [-0.1, -0.05) is 19.1 Å². The minimum absolute atomic E-state index is 0.0815. The van der Waals surface area contributed by atoms with Crippen LogP contribution in [0.1, 0.15) is 6.92 Å². The van der Waals surface area contributed by atoms with Crippen molar-refractivity contribution in [3.63, 3.8) is 0 Å². The molecule has 1 aliphatic heterocycles. The van der Waals surface area contributed by atoms with Crippen molar-refractivity contribution in [1.29, 1.82) is 0 Å². The lowest BCUT2D eigenvalue weighted by atomic mass is 9.99. The van der Waals surface area contributed by atoms with E-state index in [0.717, 1.165) is 0 Å². The summed E-state index contributed by atoms with van der Waals surface area (Å²) in [5.74, 6) is -0.590. The van der Waals surface area contributed by atoms with Gasteiger partial charge in [-0.15, -0.1) is 0 Å². The average Bonchev–Trinajstić information content (AvgIpc) is 2.89. The van der Waals surface area contributed by atoms with Crippen molar-refractivity contribution in [2.24, 2.45) is 11.8 Å². The summed E-state index contributed by atoms with van der Waals surface area (Å²) in [6.07, 6.45) is 0. The van der Waals surface area contributed by atoms with Crippen molar-refractivity contribution in [2.45, 2.75) is 11.8 Å². The number of nitrogens with zero attached hydrogens (tertiary/aromatic N) is 1. The lowest BCUT2D eigenvalue weighted by Crippen LogP contribution is -2.30. The van der Waals surface area contributed by atoms with Crippen molar-refractivity contribution in [2.75, 3.05) is 27.3 Å². The number of esters is 1. The van der Waals surface area contributed by atoms with E-state index in [1.54, 1.807) is 18.2 Å². The van der Waals surface area contributed by atoms with Crippen molar-refractivity contribution in [3.05, 3.63) is 24.3 Å². The molecular weight excluding hydrogens is 294 g/mol. The van der Waals surface area contributed by atoms with E-state index < -0.39 is 15.9 Å². The number of carbonyl (C=O) groups is 1. The first-order valence-corrected chi connectivity index (χ1v) is 8.06. The molecule has 2 atom stereocenters. The van der Waals surface area contributed by atoms with Gasteiger partial charge in [0.05, 0.1) is 20.1 Å². The molecule has 1 aromatic rings. The number of sulfonamides is 1. The Hall–Kier alpha value is -1.60. The smallest absolute Gasteiger partial charge is 0.310 e. The van der Waals surface area contributed by atoms with Gasteiger partial charge in [0.1, 0.15) is 10.6 Å². The number of rotatable bonds is 4. The minimum atomic E-state index is -3.69. The topological polar surface area (TPSA) is 72.9 Å². The van der Waals surface area contributed by atoms with Crippen LogP contribution in [0.15, 0.2) is 29.2 Å². The molecule has 1 aromatic carbocycles. The number of carbonyl (C=O) groups excluding carboxylic acids is 1. The summed E-state index contributed by atoms with van der Waals surface area (Å²) in [5, 5.41) is 0. The Morgan fingerprint density at radius 3 is 2.52 bits per heavy atom. The molecular formula is C14H19NO5S. The van der Waals surface area contributed by atoms with Crippen LogP contribution in [0.2, 0.25) is 0 Å². The van der Waals surface area contributed by atoms with E-state index in [9.17, 15) is 13.2 Å². The maximum atomic E-state index is 12.7. The lowest BCUT2D eigenvalue weighted by Gasteiger charge is -2.18. The van der Waals surface area contributed by atoms with Gasteiger partial charge in [-0.05, 0) is 18.1 Å². The molecule has 0 aliphatic carbocycles. The maximum Gasteiger partial charge on any atom is 0.310 e. The fourth-order valence-electron chi connectivity index (χ4n) is 2.55. The Labute approximate surface area is 124 Å². The van der Waals surface area contributed by atoms with Crippen LogP contribution in [-0.2, 0) is 19.6 Å². The molecule has 0 amide bonds. The Kier molecular flexibility index (Phi) is 4.53. The second-order valence-electron chi connectivity index (χ2n) is 5.08. The number of ether oxygens (including phenoxy) is 2. The Morgan fingerprint density at radius 2 is 1.90 bits per heavy atom. The zero-order valence-corrected chi connectivity index (χ0v) is 13.1. The molecule has 2 rings (SSSR count). The van der Waals surface area contributed by atoms with Crippen molar-refractivity contribution >= 4 is 16.0 Å². The molecule has 6 nitrogen and oxygen atoms in total. The molecule has 1 heterocycles. The van der Waals surface area contributed by atoms with Crippen LogP contribution in [0, 0.1) is 11.8 Å². The van der Waals surface area contributed by atoms with Gasteiger partial charge < -0.3 is 9.47 Å². The van der Waals surface area contributed by atoms with Crippen LogP contribution in [-0.4, -0.2) is 46.0 Å². The molecule has 1 saturated heterocycles. The van der Waals surface area contributed by atoms with Gasteiger partial charge in [0, 0.05) is 13.1 Å². The summed E-state index contributed by atoms with van der Waals surface area (Å²) < 4.78 is 36.6. The number of methoxy groups -OCH3 is 2. The minimum Gasteiger partial charge on any atom is -0.495 e. The average molecular weight is 313 g/mol. The van der Waals surface area contributed by atoms with Gasteiger partial charge in [0.2, 0.25) is 10.0 Å².